The fourth-order valence-corrected chi connectivity index (χ4v) is 2.94. The standard InChI is InChI=1S/C20H22F2O4/c21-14-20(22)18(25-12-16-9-5-2-6-10-16)17(26-19(20)23)13-24-11-15-7-3-1-4-8-15/h1-10,17-19,23H,11-14H2/t17?,18-,19?,20?/m0/s1. The lowest BCUT2D eigenvalue weighted by atomic mass is 9.98. The van der Waals surface area contributed by atoms with E-state index in [-0.39, 0.29) is 13.2 Å². The Morgan fingerprint density at radius 2 is 1.54 bits per heavy atom. The molecule has 0 saturated carbocycles. The minimum Gasteiger partial charge on any atom is -0.374 e. The van der Waals surface area contributed by atoms with Crippen LogP contribution in [0.2, 0.25) is 0 Å². The Kier molecular flexibility index (Phi) is 6.32. The predicted molar refractivity (Wildman–Crippen MR) is 91.8 cm³/mol. The molecule has 0 aliphatic carbocycles. The van der Waals surface area contributed by atoms with Crippen LogP contribution in [-0.2, 0) is 27.4 Å². The van der Waals surface area contributed by atoms with Crippen molar-refractivity contribution in [1.82, 2.24) is 0 Å². The summed E-state index contributed by atoms with van der Waals surface area (Å²) in [5.74, 6) is 0. The van der Waals surface area contributed by atoms with Crippen molar-refractivity contribution in [2.45, 2.75) is 37.4 Å². The monoisotopic (exact) mass is 364 g/mol. The van der Waals surface area contributed by atoms with Gasteiger partial charge in [-0.3, -0.25) is 0 Å². The molecule has 0 radical (unpaired) electrons. The second kappa shape index (κ2) is 8.68. The summed E-state index contributed by atoms with van der Waals surface area (Å²) in [4.78, 5) is 0. The van der Waals surface area contributed by atoms with E-state index < -0.39 is 30.8 Å². The highest BCUT2D eigenvalue weighted by Gasteiger charge is 2.58. The molecule has 1 aliphatic rings. The molecule has 0 amide bonds. The lowest BCUT2D eigenvalue weighted by Gasteiger charge is -2.27. The number of benzene rings is 2. The maximum Gasteiger partial charge on any atom is 0.217 e. The molecule has 4 nitrogen and oxygen atoms in total. The van der Waals surface area contributed by atoms with Crippen LogP contribution in [0.3, 0.4) is 0 Å². The van der Waals surface area contributed by atoms with Crippen LogP contribution in [0.15, 0.2) is 60.7 Å². The van der Waals surface area contributed by atoms with Gasteiger partial charge in [-0.2, -0.15) is 0 Å². The molecule has 3 unspecified atom stereocenters. The third-order valence-electron chi connectivity index (χ3n) is 4.40. The fourth-order valence-electron chi connectivity index (χ4n) is 2.94. The molecule has 1 aliphatic heterocycles. The average molecular weight is 364 g/mol. The van der Waals surface area contributed by atoms with Crippen molar-refractivity contribution in [3.8, 4) is 0 Å². The quantitative estimate of drug-likeness (QED) is 0.782. The molecule has 1 saturated heterocycles. The van der Waals surface area contributed by atoms with Crippen molar-refractivity contribution in [2.75, 3.05) is 13.3 Å². The van der Waals surface area contributed by atoms with Gasteiger partial charge >= 0.3 is 0 Å². The van der Waals surface area contributed by atoms with Gasteiger partial charge in [-0.05, 0) is 11.1 Å². The number of aliphatic hydroxyl groups excluding tert-OH is 1. The Morgan fingerprint density at radius 1 is 0.962 bits per heavy atom. The van der Waals surface area contributed by atoms with Crippen molar-refractivity contribution >= 4 is 0 Å². The normalized spacial score (nSPS) is 28.3. The number of rotatable bonds is 8. The van der Waals surface area contributed by atoms with Crippen molar-refractivity contribution in [3.63, 3.8) is 0 Å². The van der Waals surface area contributed by atoms with Gasteiger partial charge in [-0.1, -0.05) is 60.7 Å². The first-order chi connectivity index (χ1) is 12.6. The van der Waals surface area contributed by atoms with Gasteiger partial charge < -0.3 is 19.3 Å². The molecule has 1 heterocycles. The number of alkyl halides is 2. The fraction of sp³-hybridized carbons (Fsp3) is 0.400. The Bertz CT molecular complexity index is 670. The van der Waals surface area contributed by atoms with Crippen molar-refractivity contribution < 1.29 is 28.1 Å². The van der Waals surface area contributed by atoms with Gasteiger partial charge in [-0.25, -0.2) is 8.78 Å². The van der Waals surface area contributed by atoms with Gasteiger partial charge in [-0.15, -0.1) is 0 Å². The lowest BCUT2D eigenvalue weighted by molar-refractivity contribution is -0.156. The van der Waals surface area contributed by atoms with Crippen molar-refractivity contribution in [2.24, 2.45) is 0 Å². The molecule has 0 aromatic heterocycles. The third kappa shape index (κ3) is 4.27. The van der Waals surface area contributed by atoms with Crippen LogP contribution in [-0.4, -0.2) is 42.6 Å². The predicted octanol–water partition coefficient (Wildman–Crippen LogP) is 3.18. The smallest absolute Gasteiger partial charge is 0.217 e. The molecule has 0 spiro atoms. The highest BCUT2D eigenvalue weighted by atomic mass is 19.2. The van der Waals surface area contributed by atoms with Crippen LogP contribution in [0.4, 0.5) is 8.78 Å². The molecule has 0 bridgehead atoms. The van der Waals surface area contributed by atoms with E-state index in [1.807, 2.05) is 60.7 Å². The molecule has 2 aromatic carbocycles. The summed E-state index contributed by atoms with van der Waals surface area (Å²) >= 11 is 0. The minimum atomic E-state index is -2.62. The Morgan fingerprint density at radius 3 is 2.12 bits per heavy atom. The second-order valence-electron chi connectivity index (χ2n) is 6.31. The van der Waals surface area contributed by atoms with Crippen LogP contribution < -0.4 is 0 Å². The summed E-state index contributed by atoms with van der Waals surface area (Å²) in [6, 6.07) is 18.6. The number of hydrogen-bond donors (Lipinski definition) is 1. The summed E-state index contributed by atoms with van der Waals surface area (Å²) in [6.07, 6.45) is -4.06. The van der Waals surface area contributed by atoms with Gasteiger partial charge in [0.05, 0.1) is 19.8 Å². The molecule has 140 valence electrons. The molecule has 1 N–H and O–H groups in total. The molecule has 1 fully saturated rings. The SMILES string of the molecule is OC1OC(COCc2ccccc2)[C@H](OCc2ccccc2)C1(F)CF. The van der Waals surface area contributed by atoms with Crippen LogP contribution in [0.5, 0.6) is 0 Å². The number of ether oxygens (including phenoxy) is 3. The van der Waals surface area contributed by atoms with E-state index in [9.17, 15) is 13.9 Å². The van der Waals surface area contributed by atoms with E-state index in [4.69, 9.17) is 14.2 Å². The van der Waals surface area contributed by atoms with Gasteiger partial charge in [0.2, 0.25) is 5.67 Å². The molecule has 4 atom stereocenters. The maximum atomic E-state index is 14.9. The van der Waals surface area contributed by atoms with Gasteiger partial charge in [0.1, 0.15) is 18.9 Å². The summed E-state index contributed by atoms with van der Waals surface area (Å²) in [6.45, 7) is -1.03. The van der Waals surface area contributed by atoms with Crippen molar-refractivity contribution in [3.05, 3.63) is 71.8 Å². The van der Waals surface area contributed by atoms with E-state index >= 15 is 0 Å². The van der Waals surface area contributed by atoms with Crippen LogP contribution in [0.1, 0.15) is 11.1 Å². The molecule has 26 heavy (non-hydrogen) atoms. The third-order valence-corrected chi connectivity index (χ3v) is 4.40. The molecule has 2 aromatic rings. The lowest BCUT2D eigenvalue weighted by Crippen LogP contribution is -2.48. The average Bonchev–Trinajstić information content (AvgIpc) is 2.92. The topological polar surface area (TPSA) is 47.9 Å². The highest BCUT2D eigenvalue weighted by Crippen LogP contribution is 2.37. The number of halogens is 2. The van der Waals surface area contributed by atoms with Gasteiger partial charge in [0.25, 0.3) is 0 Å². The Hall–Kier alpha value is -1.86. The van der Waals surface area contributed by atoms with Crippen LogP contribution in [0.25, 0.3) is 0 Å². The summed E-state index contributed by atoms with van der Waals surface area (Å²) < 4.78 is 44.6. The summed E-state index contributed by atoms with van der Waals surface area (Å²) in [7, 11) is 0. The van der Waals surface area contributed by atoms with E-state index in [0.717, 1.165) is 11.1 Å². The molecule has 6 heteroatoms. The van der Waals surface area contributed by atoms with Crippen molar-refractivity contribution in [1.29, 1.82) is 0 Å². The van der Waals surface area contributed by atoms with Crippen LogP contribution >= 0.6 is 0 Å². The summed E-state index contributed by atoms with van der Waals surface area (Å²) in [5.41, 5.74) is -0.848. The second-order valence-corrected chi connectivity index (χ2v) is 6.31. The number of hydrogen-bond acceptors (Lipinski definition) is 4. The maximum absolute atomic E-state index is 14.9. The molecular formula is C20H22F2O4. The first kappa shape index (κ1) is 18.9. The largest absolute Gasteiger partial charge is 0.374 e. The zero-order valence-corrected chi connectivity index (χ0v) is 14.3. The Balaban J connectivity index is 1.62. The van der Waals surface area contributed by atoms with Gasteiger partial charge in [0, 0.05) is 0 Å². The highest BCUT2D eigenvalue weighted by molar-refractivity contribution is 5.14. The number of aliphatic hydroxyl groups is 1. The van der Waals surface area contributed by atoms with E-state index in [0.29, 0.717) is 6.61 Å². The van der Waals surface area contributed by atoms with E-state index in [1.54, 1.807) is 0 Å². The van der Waals surface area contributed by atoms with Gasteiger partial charge in [0.15, 0.2) is 6.29 Å². The summed E-state index contributed by atoms with van der Waals surface area (Å²) in [5, 5.41) is 9.83. The van der Waals surface area contributed by atoms with Crippen LogP contribution in [0, 0.1) is 0 Å². The molecule has 3 rings (SSSR count). The zero-order chi connectivity index (χ0) is 18.4. The zero-order valence-electron chi connectivity index (χ0n) is 14.3. The minimum absolute atomic E-state index is 0.0168. The van der Waals surface area contributed by atoms with E-state index in [2.05, 4.69) is 0 Å². The van der Waals surface area contributed by atoms with E-state index in [1.165, 1.54) is 0 Å². The molecular weight excluding hydrogens is 342 g/mol. The Labute approximate surface area is 151 Å². The first-order valence-corrected chi connectivity index (χ1v) is 8.49. The first-order valence-electron chi connectivity index (χ1n) is 8.49.